The summed E-state index contributed by atoms with van der Waals surface area (Å²) in [6.45, 7) is 2.10. The molecule has 1 aromatic heterocycles. The van der Waals surface area contributed by atoms with E-state index in [0.29, 0.717) is 12.8 Å². The number of halogens is 2. The van der Waals surface area contributed by atoms with Crippen LogP contribution in [0.5, 0.6) is 0 Å². The van der Waals surface area contributed by atoms with Gasteiger partial charge in [0.2, 0.25) is 0 Å². The molecule has 1 fully saturated rings. The van der Waals surface area contributed by atoms with Crippen molar-refractivity contribution in [2.24, 2.45) is 5.92 Å². The zero-order valence-electron chi connectivity index (χ0n) is 20.6. The highest BCUT2D eigenvalue weighted by atomic mass is 32.1. The number of likely N-dealkylation sites (tertiary alicyclic amines) is 1. The molecule has 2 heterocycles. The van der Waals surface area contributed by atoms with Gasteiger partial charge in [0.05, 0.1) is 12.1 Å². The van der Waals surface area contributed by atoms with Gasteiger partial charge in [-0.2, -0.15) is 8.78 Å². The molecule has 5 nitrogen and oxygen atoms in total. The van der Waals surface area contributed by atoms with E-state index in [9.17, 15) is 23.5 Å². The van der Waals surface area contributed by atoms with Crippen LogP contribution in [-0.4, -0.2) is 51.6 Å². The molecule has 0 aliphatic carbocycles. The maximum Gasteiger partial charge on any atom is 0.345 e. The molecular formula is C28H35F2NO4S. The van der Waals surface area contributed by atoms with Crippen molar-refractivity contribution in [2.45, 2.75) is 76.4 Å². The van der Waals surface area contributed by atoms with E-state index in [1.165, 1.54) is 16.5 Å². The average molecular weight is 520 g/mol. The summed E-state index contributed by atoms with van der Waals surface area (Å²) in [6, 6.07) is 12.8. The summed E-state index contributed by atoms with van der Waals surface area (Å²) in [5, 5.41) is 19.6. The first-order chi connectivity index (χ1) is 17.2. The van der Waals surface area contributed by atoms with Gasteiger partial charge in [-0.05, 0) is 55.7 Å². The SMILES string of the molecule is C[C@H](CCCCCc1ccccc1)[C@H](O)C=C[C@H]1CC(F)(F)C(=O)N1CCCc1ccc(C(=O)O)s1. The second-order valence-corrected chi connectivity index (χ2v) is 10.8. The summed E-state index contributed by atoms with van der Waals surface area (Å²) in [6.07, 6.45) is 7.70. The lowest BCUT2D eigenvalue weighted by Crippen LogP contribution is -2.36. The molecule has 2 N–H and O–H groups in total. The monoisotopic (exact) mass is 519 g/mol. The summed E-state index contributed by atoms with van der Waals surface area (Å²) in [4.78, 5) is 25.5. The first kappa shape index (κ1) is 28.0. The van der Waals surface area contributed by atoms with Gasteiger partial charge in [-0.15, -0.1) is 11.3 Å². The van der Waals surface area contributed by atoms with E-state index in [1.807, 2.05) is 25.1 Å². The highest BCUT2D eigenvalue weighted by molar-refractivity contribution is 7.13. The van der Waals surface area contributed by atoms with Crippen molar-refractivity contribution >= 4 is 23.2 Å². The molecule has 3 atom stereocenters. The van der Waals surface area contributed by atoms with Gasteiger partial charge < -0.3 is 15.1 Å². The Kier molecular flexibility index (Phi) is 10.2. The second kappa shape index (κ2) is 13.1. The number of hydrogen-bond acceptors (Lipinski definition) is 4. The minimum absolute atomic E-state index is 0.00806. The number of aliphatic hydroxyl groups is 1. The van der Waals surface area contributed by atoms with Gasteiger partial charge in [0.1, 0.15) is 4.88 Å². The Morgan fingerprint density at radius 2 is 1.89 bits per heavy atom. The van der Waals surface area contributed by atoms with Crippen LogP contribution >= 0.6 is 11.3 Å². The molecule has 0 bridgehead atoms. The fourth-order valence-electron chi connectivity index (χ4n) is 4.53. The van der Waals surface area contributed by atoms with Crippen LogP contribution in [0, 0.1) is 5.92 Å². The van der Waals surface area contributed by atoms with Gasteiger partial charge in [0, 0.05) is 17.8 Å². The van der Waals surface area contributed by atoms with Crippen molar-refractivity contribution in [3.8, 4) is 0 Å². The lowest BCUT2D eigenvalue weighted by atomic mass is 9.95. The van der Waals surface area contributed by atoms with E-state index in [4.69, 9.17) is 5.11 Å². The highest BCUT2D eigenvalue weighted by Crippen LogP contribution is 2.34. The summed E-state index contributed by atoms with van der Waals surface area (Å²) >= 11 is 1.15. The number of aryl methyl sites for hydroxylation is 2. The zero-order chi connectivity index (χ0) is 26.1. The van der Waals surface area contributed by atoms with Crippen molar-refractivity contribution in [3.63, 3.8) is 0 Å². The molecule has 1 aromatic carbocycles. The van der Waals surface area contributed by atoms with E-state index in [2.05, 4.69) is 12.1 Å². The molecule has 0 unspecified atom stereocenters. The molecule has 0 spiro atoms. The Balaban J connectivity index is 1.44. The molecule has 1 saturated heterocycles. The van der Waals surface area contributed by atoms with E-state index < -0.39 is 36.4 Å². The first-order valence-corrected chi connectivity index (χ1v) is 13.4. The largest absolute Gasteiger partial charge is 0.477 e. The van der Waals surface area contributed by atoms with E-state index in [1.54, 1.807) is 18.2 Å². The van der Waals surface area contributed by atoms with Crippen molar-refractivity contribution in [3.05, 3.63) is 69.9 Å². The minimum Gasteiger partial charge on any atom is -0.477 e. The molecular weight excluding hydrogens is 484 g/mol. The first-order valence-electron chi connectivity index (χ1n) is 12.6. The number of aromatic carboxylic acids is 1. The second-order valence-electron chi connectivity index (χ2n) is 9.59. The van der Waals surface area contributed by atoms with Crippen LogP contribution in [0.25, 0.3) is 0 Å². The van der Waals surface area contributed by atoms with Crippen LogP contribution in [-0.2, 0) is 17.6 Å². The molecule has 36 heavy (non-hydrogen) atoms. The molecule has 0 radical (unpaired) electrons. The Bertz CT molecular complexity index is 1020. The van der Waals surface area contributed by atoms with Crippen LogP contribution in [0.1, 0.15) is 65.6 Å². The van der Waals surface area contributed by atoms with E-state index >= 15 is 0 Å². The predicted octanol–water partition coefficient (Wildman–Crippen LogP) is 5.97. The van der Waals surface area contributed by atoms with Gasteiger partial charge in [0.15, 0.2) is 0 Å². The number of carbonyl (C=O) groups is 2. The van der Waals surface area contributed by atoms with Gasteiger partial charge in [0.25, 0.3) is 5.91 Å². The maximum absolute atomic E-state index is 14.2. The lowest BCUT2D eigenvalue weighted by Gasteiger charge is -2.22. The number of carboxylic acids is 1. The number of thiophene rings is 1. The fourth-order valence-corrected chi connectivity index (χ4v) is 5.42. The fraction of sp³-hybridized carbons (Fsp3) is 0.500. The van der Waals surface area contributed by atoms with Crippen LogP contribution in [0.4, 0.5) is 8.78 Å². The molecule has 3 rings (SSSR count). The molecule has 0 saturated carbocycles. The summed E-state index contributed by atoms with van der Waals surface area (Å²) in [5.41, 5.74) is 1.32. The summed E-state index contributed by atoms with van der Waals surface area (Å²) in [5.74, 6) is -5.60. The van der Waals surface area contributed by atoms with Gasteiger partial charge in [-0.25, -0.2) is 4.79 Å². The smallest absolute Gasteiger partial charge is 0.345 e. The van der Waals surface area contributed by atoms with Crippen molar-refractivity contribution in [2.75, 3.05) is 6.54 Å². The number of amides is 1. The number of nitrogens with zero attached hydrogens (tertiary/aromatic N) is 1. The number of carbonyl (C=O) groups excluding carboxylic acids is 1. The van der Waals surface area contributed by atoms with E-state index in [-0.39, 0.29) is 17.3 Å². The van der Waals surface area contributed by atoms with Gasteiger partial charge in [-0.1, -0.05) is 62.2 Å². The quantitative estimate of drug-likeness (QED) is 0.238. The third-order valence-corrected chi connectivity index (χ3v) is 7.85. The molecule has 1 amide bonds. The number of hydrogen-bond donors (Lipinski definition) is 2. The third kappa shape index (κ3) is 7.96. The van der Waals surface area contributed by atoms with Crippen molar-refractivity contribution < 1.29 is 28.6 Å². The van der Waals surface area contributed by atoms with Crippen LogP contribution < -0.4 is 0 Å². The van der Waals surface area contributed by atoms with Gasteiger partial charge >= 0.3 is 11.9 Å². The standard InChI is InChI=1S/C28H35F2NO4S/c1-20(9-4-2-5-10-21-11-6-3-7-12-21)24(32)16-14-22-19-28(29,30)27(35)31(22)18-8-13-23-15-17-25(36-23)26(33)34/h3,6-7,11-12,14-17,20,22,24,32H,2,4-5,8-10,13,18-19H2,1H3,(H,33,34)/t20-,22+,24-/m1/s1. The van der Waals surface area contributed by atoms with Crippen LogP contribution in [0.2, 0.25) is 0 Å². The normalized spacial score (nSPS) is 19.2. The zero-order valence-corrected chi connectivity index (χ0v) is 21.4. The Morgan fingerprint density at radius 3 is 2.58 bits per heavy atom. The van der Waals surface area contributed by atoms with Crippen molar-refractivity contribution in [1.29, 1.82) is 0 Å². The maximum atomic E-state index is 14.2. The summed E-state index contributed by atoms with van der Waals surface area (Å²) < 4.78 is 28.3. The number of rotatable bonds is 14. The Labute approximate surface area is 215 Å². The van der Waals surface area contributed by atoms with Crippen LogP contribution in [0.3, 0.4) is 0 Å². The number of alkyl halides is 2. The number of unbranched alkanes of at least 4 members (excludes halogenated alkanes) is 2. The van der Waals surface area contributed by atoms with E-state index in [0.717, 1.165) is 48.3 Å². The Hall–Kier alpha value is -2.58. The molecule has 8 heteroatoms. The Morgan fingerprint density at radius 1 is 1.14 bits per heavy atom. The molecule has 1 aliphatic rings. The molecule has 2 aromatic rings. The number of aliphatic hydroxyl groups excluding tert-OH is 1. The van der Waals surface area contributed by atoms with Crippen molar-refractivity contribution in [1.82, 2.24) is 4.90 Å². The number of benzene rings is 1. The minimum atomic E-state index is -3.41. The number of carboxylic acid groups (broad SMARTS) is 1. The van der Waals surface area contributed by atoms with Crippen LogP contribution in [0.15, 0.2) is 54.6 Å². The molecule has 196 valence electrons. The van der Waals surface area contributed by atoms with Gasteiger partial charge in [-0.3, -0.25) is 4.79 Å². The third-order valence-electron chi connectivity index (χ3n) is 6.72. The summed E-state index contributed by atoms with van der Waals surface area (Å²) in [7, 11) is 0. The topological polar surface area (TPSA) is 77.8 Å². The molecule has 1 aliphatic heterocycles. The average Bonchev–Trinajstić information content (AvgIpc) is 3.41. The predicted molar refractivity (Wildman–Crippen MR) is 138 cm³/mol. The highest BCUT2D eigenvalue weighted by Gasteiger charge is 2.52. The lowest BCUT2D eigenvalue weighted by molar-refractivity contribution is -0.148.